The molecule has 0 radical (unpaired) electrons. The molecule has 0 unspecified atom stereocenters. The Morgan fingerprint density at radius 3 is 2.67 bits per heavy atom. The number of hydrogen-bond acceptors (Lipinski definition) is 4. The van der Waals surface area contributed by atoms with Crippen LogP contribution in [0.2, 0.25) is 0 Å². The van der Waals surface area contributed by atoms with Gasteiger partial charge in [0.1, 0.15) is 4.60 Å². The number of carbonyl (C=O) groups is 1. The molecular weight excluding hydrogens is 368 g/mol. The standard InChI is InChI=1S/C18H19BrN4O/c1-22-4-6-23(7-5-22)12-2-3-13-11(8-12)9-14-15(18(20)24)10-16(19)21-17(13)14/h2-3,8,10H,4-7,9H2,1H3,(H2,20,24). The lowest BCUT2D eigenvalue weighted by Gasteiger charge is -2.34. The summed E-state index contributed by atoms with van der Waals surface area (Å²) in [7, 11) is 2.16. The normalized spacial score (nSPS) is 16.8. The van der Waals surface area contributed by atoms with E-state index in [-0.39, 0.29) is 0 Å². The molecule has 6 heteroatoms. The lowest BCUT2D eigenvalue weighted by molar-refractivity contribution is 0.0999. The first-order valence-corrected chi connectivity index (χ1v) is 8.88. The molecule has 0 atom stereocenters. The van der Waals surface area contributed by atoms with Gasteiger partial charge in [-0.3, -0.25) is 4.79 Å². The van der Waals surface area contributed by atoms with Crippen molar-refractivity contribution >= 4 is 27.5 Å². The van der Waals surface area contributed by atoms with Gasteiger partial charge < -0.3 is 15.5 Å². The Hall–Kier alpha value is -1.92. The van der Waals surface area contributed by atoms with Crippen molar-refractivity contribution in [3.63, 3.8) is 0 Å². The van der Waals surface area contributed by atoms with Crippen molar-refractivity contribution in [2.75, 3.05) is 38.1 Å². The van der Waals surface area contributed by atoms with Crippen LogP contribution in [0.15, 0.2) is 28.9 Å². The van der Waals surface area contributed by atoms with E-state index >= 15 is 0 Å². The molecule has 1 aliphatic carbocycles. The molecule has 124 valence electrons. The average Bonchev–Trinajstić information content (AvgIpc) is 2.92. The molecule has 1 aromatic carbocycles. The van der Waals surface area contributed by atoms with Crippen molar-refractivity contribution in [1.29, 1.82) is 0 Å². The van der Waals surface area contributed by atoms with Gasteiger partial charge >= 0.3 is 0 Å². The summed E-state index contributed by atoms with van der Waals surface area (Å²) in [5, 5.41) is 0. The van der Waals surface area contributed by atoms with Crippen LogP contribution in [0, 0.1) is 0 Å². The van der Waals surface area contributed by atoms with Crippen molar-refractivity contribution in [1.82, 2.24) is 9.88 Å². The molecule has 0 spiro atoms. The van der Waals surface area contributed by atoms with E-state index < -0.39 is 5.91 Å². The number of carbonyl (C=O) groups excluding carboxylic acids is 1. The van der Waals surface area contributed by atoms with Crippen molar-refractivity contribution in [3.8, 4) is 11.3 Å². The molecule has 5 nitrogen and oxygen atoms in total. The highest BCUT2D eigenvalue weighted by atomic mass is 79.9. The lowest BCUT2D eigenvalue weighted by Crippen LogP contribution is -2.44. The van der Waals surface area contributed by atoms with Gasteiger partial charge in [-0.15, -0.1) is 0 Å². The smallest absolute Gasteiger partial charge is 0.249 e. The first-order valence-electron chi connectivity index (χ1n) is 8.09. The molecule has 2 aliphatic rings. The number of halogens is 1. The molecular formula is C18H19BrN4O. The second-order valence-corrected chi connectivity index (χ2v) is 7.30. The number of amides is 1. The Morgan fingerprint density at radius 1 is 1.21 bits per heavy atom. The third kappa shape index (κ3) is 2.59. The van der Waals surface area contributed by atoms with E-state index in [0.29, 0.717) is 16.6 Å². The Labute approximate surface area is 149 Å². The van der Waals surface area contributed by atoms with E-state index in [1.54, 1.807) is 6.07 Å². The SMILES string of the molecule is CN1CCN(c2ccc3c(c2)Cc2c(C(N)=O)cc(Br)nc2-3)CC1. The number of hydrogen-bond donors (Lipinski definition) is 1. The van der Waals surface area contributed by atoms with Crippen LogP contribution in [0.5, 0.6) is 0 Å². The summed E-state index contributed by atoms with van der Waals surface area (Å²) in [5.41, 5.74) is 11.5. The summed E-state index contributed by atoms with van der Waals surface area (Å²) in [6.45, 7) is 4.24. The van der Waals surface area contributed by atoms with E-state index in [0.717, 1.165) is 43.0 Å². The van der Waals surface area contributed by atoms with Crippen LogP contribution in [0.3, 0.4) is 0 Å². The molecule has 1 aliphatic heterocycles. The topological polar surface area (TPSA) is 62.5 Å². The van der Waals surface area contributed by atoms with Crippen molar-refractivity contribution in [3.05, 3.63) is 45.6 Å². The van der Waals surface area contributed by atoms with Crippen LogP contribution in [0.25, 0.3) is 11.3 Å². The van der Waals surface area contributed by atoms with E-state index in [9.17, 15) is 4.79 Å². The van der Waals surface area contributed by atoms with Gasteiger partial charge in [-0.25, -0.2) is 4.98 Å². The number of nitrogens with two attached hydrogens (primary N) is 1. The molecule has 2 heterocycles. The zero-order valence-electron chi connectivity index (χ0n) is 13.6. The third-order valence-corrected chi connectivity index (χ3v) is 5.34. The predicted molar refractivity (Wildman–Crippen MR) is 98.4 cm³/mol. The Bertz CT molecular complexity index is 828. The van der Waals surface area contributed by atoms with Gasteiger partial charge in [0.15, 0.2) is 0 Å². The zero-order chi connectivity index (χ0) is 16.8. The van der Waals surface area contributed by atoms with E-state index in [2.05, 4.69) is 56.0 Å². The number of primary amides is 1. The maximum Gasteiger partial charge on any atom is 0.249 e. The van der Waals surface area contributed by atoms with Gasteiger partial charge in [-0.2, -0.15) is 0 Å². The van der Waals surface area contributed by atoms with Crippen LogP contribution in [0.1, 0.15) is 21.5 Å². The minimum Gasteiger partial charge on any atom is -0.369 e. The highest BCUT2D eigenvalue weighted by molar-refractivity contribution is 9.10. The number of likely N-dealkylation sites (N-methyl/N-ethyl adjacent to an activating group) is 1. The largest absolute Gasteiger partial charge is 0.369 e. The highest BCUT2D eigenvalue weighted by Gasteiger charge is 2.26. The fraction of sp³-hybridized carbons (Fsp3) is 0.333. The molecule has 4 rings (SSSR count). The predicted octanol–water partition coefficient (Wildman–Crippen LogP) is 2.27. The fourth-order valence-electron chi connectivity index (χ4n) is 3.57. The maximum absolute atomic E-state index is 11.8. The molecule has 1 saturated heterocycles. The summed E-state index contributed by atoms with van der Waals surface area (Å²) in [6.07, 6.45) is 0.713. The minimum absolute atomic E-state index is 0.401. The molecule has 0 saturated carbocycles. The number of aromatic nitrogens is 1. The van der Waals surface area contributed by atoms with Gasteiger partial charge in [0.05, 0.1) is 5.69 Å². The number of fused-ring (bicyclic) bond motifs is 3. The van der Waals surface area contributed by atoms with E-state index in [1.165, 1.54) is 11.3 Å². The molecule has 2 N–H and O–H groups in total. The first kappa shape index (κ1) is 15.6. The molecule has 1 amide bonds. The van der Waals surface area contributed by atoms with Crippen molar-refractivity contribution in [2.45, 2.75) is 6.42 Å². The summed E-state index contributed by atoms with van der Waals surface area (Å²) in [6, 6.07) is 8.24. The van der Waals surface area contributed by atoms with Crippen LogP contribution in [-0.4, -0.2) is 49.0 Å². The summed E-state index contributed by atoms with van der Waals surface area (Å²) < 4.78 is 0.644. The van der Waals surface area contributed by atoms with Gasteiger partial charge in [-0.1, -0.05) is 6.07 Å². The Morgan fingerprint density at radius 2 is 1.96 bits per heavy atom. The number of anilines is 1. The number of nitrogens with zero attached hydrogens (tertiary/aromatic N) is 3. The van der Waals surface area contributed by atoms with Gasteiger partial charge in [0, 0.05) is 49.4 Å². The molecule has 0 bridgehead atoms. The second-order valence-electron chi connectivity index (χ2n) is 6.49. The lowest BCUT2D eigenvalue weighted by atomic mass is 10.1. The zero-order valence-corrected chi connectivity index (χ0v) is 15.1. The minimum atomic E-state index is -0.401. The van der Waals surface area contributed by atoms with E-state index in [4.69, 9.17) is 5.73 Å². The third-order valence-electron chi connectivity index (χ3n) is 4.94. The van der Waals surface area contributed by atoms with E-state index in [1.807, 2.05) is 0 Å². The van der Waals surface area contributed by atoms with Crippen LogP contribution in [0.4, 0.5) is 5.69 Å². The maximum atomic E-state index is 11.8. The Balaban J connectivity index is 1.71. The number of piperazine rings is 1. The summed E-state index contributed by atoms with van der Waals surface area (Å²) >= 11 is 3.39. The highest BCUT2D eigenvalue weighted by Crippen LogP contribution is 2.39. The molecule has 2 aromatic rings. The molecule has 1 aromatic heterocycles. The van der Waals surface area contributed by atoms with Crippen molar-refractivity contribution in [2.24, 2.45) is 5.73 Å². The summed E-state index contributed by atoms with van der Waals surface area (Å²) in [5.74, 6) is -0.401. The number of rotatable bonds is 2. The van der Waals surface area contributed by atoms with Crippen LogP contribution >= 0.6 is 15.9 Å². The monoisotopic (exact) mass is 386 g/mol. The van der Waals surface area contributed by atoms with Gasteiger partial charge in [0.2, 0.25) is 5.91 Å². The second kappa shape index (κ2) is 5.86. The van der Waals surface area contributed by atoms with Crippen molar-refractivity contribution < 1.29 is 4.79 Å². The fourth-order valence-corrected chi connectivity index (χ4v) is 3.98. The van der Waals surface area contributed by atoms with Crippen LogP contribution < -0.4 is 10.6 Å². The van der Waals surface area contributed by atoms with Crippen LogP contribution in [-0.2, 0) is 6.42 Å². The average molecular weight is 387 g/mol. The first-order chi connectivity index (χ1) is 11.5. The molecule has 1 fully saturated rings. The molecule has 24 heavy (non-hydrogen) atoms. The Kier molecular flexibility index (Phi) is 3.81. The van der Waals surface area contributed by atoms with Gasteiger partial charge in [-0.05, 0) is 52.3 Å². The number of benzene rings is 1. The number of pyridine rings is 1. The van der Waals surface area contributed by atoms with Gasteiger partial charge in [0.25, 0.3) is 0 Å². The summed E-state index contributed by atoms with van der Waals surface area (Å²) in [4.78, 5) is 21.1. The quantitative estimate of drug-likeness (QED) is 0.686.